The number of benzene rings is 1. The zero-order chi connectivity index (χ0) is 16.3. The fourth-order valence-corrected chi connectivity index (χ4v) is 2.85. The number of nitrogens with one attached hydrogen (secondary N) is 2. The molecule has 0 aliphatic carbocycles. The second kappa shape index (κ2) is 6.66. The number of anilines is 2. The highest BCUT2D eigenvalue weighted by atomic mass is 32.2. The van der Waals surface area contributed by atoms with E-state index in [1.165, 1.54) is 0 Å². The van der Waals surface area contributed by atoms with E-state index in [2.05, 4.69) is 30.8 Å². The van der Waals surface area contributed by atoms with Crippen LogP contribution in [-0.2, 0) is 14.8 Å². The molecule has 6 heteroatoms. The fourth-order valence-electron chi connectivity index (χ4n) is 2.22. The van der Waals surface area contributed by atoms with Crippen LogP contribution in [0.1, 0.15) is 32.8 Å². The molecule has 0 heterocycles. The lowest BCUT2D eigenvalue weighted by Crippen LogP contribution is -2.31. The Morgan fingerprint density at radius 2 is 1.95 bits per heavy atom. The van der Waals surface area contributed by atoms with Gasteiger partial charge in [-0.3, -0.25) is 4.72 Å². The van der Waals surface area contributed by atoms with Gasteiger partial charge in [0.05, 0.1) is 17.5 Å². The Bertz CT molecular complexity index is 583. The van der Waals surface area contributed by atoms with Gasteiger partial charge in [-0.05, 0) is 57.9 Å². The monoisotopic (exact) mass is 314 g/mol. The Hall–Kier alpha value is -1.27. The van der Waals surface area contributed by atoms with E-state index in [0.717, 1.165) is 23.9 Å². The van der Waals surface area contributed by atoms with Crippen LogP contribution in [0.4, 0.5) is 11.4 Å². The summed E-state index contributed by atoms with van der Waals surface area (Å²) in [5.41, 5.74) is 2.27. The highest BCUT2D eigenvalue weighted by molar-refractivity contribution is 7.92. The van der Waals surface area contributed by atoms with E-state index in [1.54, 1.807) is 13.2 Å². The molecule has 1 unspecified atom stereocenters. The Morgan fingerprint density at radius 3 is 2.43 bits per heavy atom. The van der Waals surface area contributed by atoms with Crippen molar-refractivity contribution in [3.05, 3.63) is 23.8 Å². The van der Waals surface area contributed by atoms with Gasteiger partial charge in [0.15, 0.2) is 0 Å². The first-order valence-corrected chi connectivity index (χ1v) is 8.82. The summed E-state index contributed by atoms with van der Waals surface area (Å²) in [6, 6.07) is 5.82. The lowest BCUT2D eigenvalue weighted by Gasteiger charge is -2.27. The van der Waals surface area contributed by atoms with E-state index in [-0.39, 0.29) is 11.6 Å². The maximum atomic E-state index is 11.3. The largest absolute Gasteiger partial charge is 0.382 e. The summed E-state index contributed by atoms with van der Waals surface area (Å²) in [6.07, 6.45) is 2.01. The standard InChI is InChI=1S/C15H26N2O3S/c1-11-9-13(7-8-14(11)17-21(6,18)19)16-12(2)10-15(3,4)20-5/h7-9,12,16-17H,10H2,1-6H3. The second-order valence-corrected chi connectivity index (χ2v) is 7.87. The molecule has 0 spiro atoms. The Morgan fingerprint density at radius 1 is 1.33 bits per heavy atom. The molecule has 0 amide bonds. The zero-order valence-electron chi connectivity index (χ0n) is 13.6. The van der Waals surface area contributed by atoms with Gasteiger partial charge < -0.3 is 10.1 Å². The van der Waals surface area contributed by atoms with Crippen LogP contribution in [-0.4, -0.2) is 33.4 Å². The van der Waals surface area contributed by atoms with Crippen molar-refractivity contribution in [3.63, 3.8) is 0 Å². The Balaban J connectivity index is 2.76. The molecule has 1 rings (SSSR count). The predicted molar refractivity (Wildman–Crippen MR) is 88.4 cm³/mol. The van der Waals surface area contributed by atoms with Gasteiger partial charge in [-0.15, -0.1) is 0 Å². The zero-order valence-corrected chi connectivity index (χ0v) is 14.5. The molecule has 0 aromatic heterocycles. The number of methoxy groups -OCH3 is 1. The SMILES string of the molecule is COC(C)(C)CC(C)Nc1ccc(NS(C)(=O)=O)c(C)c1. The molecule has 5 nitrogen and oxygen atoms in total. The van der Waals surface area contributed by atoms with Gasteiger partial charge in [-0.25, -0.2) is 8.42 Å². The number of hydrogen-bond acceptors (Lipinski definition) is 4. The van der Waals surface area contributed by atoms with Crippen LogP contribution in [0.25, 0.3) is 0 Å². The quantitative estimate of drug-likeness (QED) is 0.812. The van der Waals surface area contributed by atoms with Crippen LogP contribution >= 0.6 is 0 Å². The Labute approximate surface area is 128 Å². The normalized spacial score (nSPS) is 13.8. The first kappa shape index (κ1) is 17.8. The smallest absolute Gasteiger partial charge is 0.229 e. The molecular formula is C15H26N2O3S. The summed E-state index contributed by atoms with van der Waals surface area (Å²) in [6.45, 7) is 8.08. The molecule has 0 aliphatic heterocycles. The average molecular weight is 314 g/mol. The molecule has 0 saturated heterocycles. The first-order chi connectivity index (χ1) is 9.52. The second-order valence-electron chi connectivity index (χ2n) is 6.12. The summed E-state index contributed by atoms with van der Waals surface area (Å²) in [5.74, 6) is 0. The molecule has 1 aromatic rings. The number of sulfonamides is 1. The number of aryl methyl sites for hydroxylation is 1. The van der Waals surface area contributed by atoms with E-state index < -0.39 is 10.0 Å². The maximum absolute atomic E-state index is 11.3. The van der Waals surface area contributed by atoms with Crippen molar-refractivity contribution >= 4 is 21.4 Å². The van der Waals surface area contributed by atoms with Gasteiger partial charge in [0, 0.05) is 18.8 Å². The van der Waals surface area contributed by atoms with Gasteiger partial charge in [-0.2, -0.15) is 0 Å². The van der Waals surface area contributed by atoms with Gasteiger partial charge in [0.2, 0.25) is 10.0 Å². The topological polar surface area (TPSA) is 67.4 Å². The van der Waals surface area contributed by atoms with Crippen molar-refractivity contribution in [3.8, 4) is 0 Å². The van der Waals surface area contributed by atoms with Crippen molar-refractivity contribution in [2.45, 2.75) is 45.8 Å². The highest BCUT2D eigenvalue weighted by Gasteiger charge is 2.20. The van der Waals surface area contributed by atoms with Crippen LogP contribution in [0.2, 0.25) is 0 Å². The van der Waals surface area contributed by atoms with Crippen molar-refractivity contribution in [2.75, 3.05) is 23.4 Å². The molecule has 120 valence electrons. The third kappa shape index (κ3) is 6.35. The van der Waals surface area contributed by atoms with E-state index in [9.17, 15) is 8.42 Å². The molecule has 2 N–H and O–H groups in total. The van der Waals surface area contributed by atoms with E-state index in [0.29, 0.717) is 5.69 Å². The first-order valence-electron chi connectivity index (χ1n) is 6.92. The van der Waals surface area contributed by atoms with Gasteiger partial charge in [0.1, 0.15) is 0 Å². The minimum Gasteiger partial charge on any atom is -0.382 e. The van der Waals surface area contributed by atoms with E-state index in [4.69, 9.17) is 4.74 Å². The summed E-state index contributed by atoms with van der Waals surface area (Å²) in [7, 11) is -1.54. The molecule has 0 bridgehead atoms. The van der Waals surface area contributed by atoms with Crippen molar-refractivity contribution in [1.29, 1.82) is 0 Å². The van der Waals surface area contributed by atoms with Gasteiger partial charge in [0.25, 0.3) is 0 Å². The Kier molecular flexibility index (Phi) is 5.64. The number of ether oxygens (including phenoxy) is 1. The third-order valence-electron chi connectivity index (χ3n) is 3.29. The minimum absolute atomic E-state index is 0.181. The lowest BCUT2D eigenvalue weighted by atomic mass is 9.99. The van der Waals surface area contributed by atoms with Crippen LogP contribution in [0.3, 0.4) is 0 Å². The molecule has 1 aromatic carbocycles. The minimum atomic E-state index is -3.25. The van der Waals surface area contributed by atoms with Crippen LogP contribution in [0.15, 0.2) is 18.2 Å². The molecule has 1 atom stereocenters. The van der Waals surface area contributed by atoms with E-state index in [1.807, 2.05) is 19.1 Å². The van der Waals surface area contributed by atoms with E-state index >= 15 is 0 Å². The van der Waals surface area contributed by atoms with Crippen LogP contribution in [0, 0.1) is 6.92 Å². The number of rotatable bonds is 7. The summed E-state index contributed by atoms with van der Waals surface area (Å²) >= 11 is 0. The molecule has 0 fully saturated rings. The predicted octanol–water partition coefficient (Wildman–Crippen LogP) is 2.98. The molecule has 0 saturated carbocycles. The summed E-state index contributed by atoms with van der Waals surface area (Å²) in [4.78, 5) is 0. The average Bonchev–Trinajstić information content (AvgIpc) is 2.30. The fraction of sp³-hybridized carbons (Fsp3) is 0.600. The van der Waals surface area contributed by atoms with Crippen molar-refractivity contribution in [1.82, 2.24) is 0 Å². The summed E-state index contributed by atoms with van der Waals surface area (Å²) in [5, 5.41) is 3.41. The van der Waals surface area contributed by atoms with Gasteiger partial charge >= 0.3 is 0 Å². The maximum Gasteiger partial charge on any atom is 0.229 e. The molecular weight excluding hydrogens is 288 g/mol. The van der Waals surface area contributed by atoms with Gasteiger partial charge in [-0.1, -0.05) is 0 Å². The van der Waals surface area contributed by atoms with Crippen molar-refractivity contribution in [2.24, 2.45) is 0 Å². The van der Waals surface area contributed by atoms with Crippen LogP contribution < -0.4 is 10.0 Å². The molecule has 0 aliphatic rings. The highest BCUT2D eigenvalue weighted by Crippen LogP contribution is 2.23. The van der Waals surface area contributed by atoms with Crippen LogP contribution in [0.5, 0.6) is 0 Å². The molecule has 0 radical (unpaired) electrons. The number of hydrogen-bond donors (Lipinski definition) is 2. The third-order valence-corrected chi connectivity index (χ3v) is 3.88. The summed E-state index contributed by atoms with van der Waals surface area (Å²) < 4.78 is 30.5. The van der Waals surface area contributed by atoms with Crippen molar-refractivity contribution < 1.29 is 13.2 Å². The lowest BCUT2D eigenvalue weighted by molar-refractivity contribution is 0.0128. The molecule has 21 heavy (non-hydrogen) atoms.